The molecule has 7 nitrogen and oxygen atoms in total. The number of amides is 2. The predicted octanol–water partition coefficient (Wildman–Crippen LogP) is -0.625. The minimum Gasteiger partial charge on any atom is -0.467 e. The molecule has 1 unspecified atom stereocenters. The molecule has 0 aliphatic rings. The van der Waals surface area contributed by atoms with Gasteiger partial charge in [0.25, 0.3) is 5.91 Å². The number of carbonyl (C=O) groups excluding carboxylic acids is 3. The molecule has 2 amide bonds. The summed E-state index contributed by atoms with van der Waals surface area (Å²) in [7, 11) is 1.13. The van der Waals surface area contributed by atoms with Crippen LogP contribution in [0.5, 0.6) is 0 Å². The highest BCUT2D eigenvalue weighted by Gasteiger charge is 2.16. The van der Waals surface area contributed by atoms with Crippen LogP contribution < -0.4 is 10.6 Å². The molecule has 7 heteroatoms. The molecule has 0 saturated heterocycles. The second-order valence-electron chi connectivity index (χ2n) is 4.39. The first-order chi connectivity index (χ1) is 9.93. The van der Waals surface area contributed by atoms with Crippen molar-refractivity contribution >= 4 is 17.8 Å². The summed E-state index contributed by atoms with van der Waals surface area (Å²) in [5.41, 5.74) is 1.48. The molecule has 0 radical (unpaired) electrons. The molecule has 1 aromatic carbocycles. The van der Waals surface area contributed by atoms with Gasteiger partial charge in [-0.25, -0.2) is 4.79 Å². The number of aryl methyl sites for hydroxylation is 1. The number of esters is 1. The van der Waals surface area contributed by atoms with E-state index in [0.29, 0.717) is 5.56 Å². The number of nitrogens with one attached hydrogen (secondary N) is 2. The van der Waals surface area contributed by atoms with E-state index in [0.717, 1.165) is 12.7 Å². The van der Waals surface area contributed by atoms with E-state index in [1.807, 2.05) is 6.92 Å². The molecule has 0 saturated carbocycles. The summed E-state index contributed by atoms with van der Waals surface area (Å²) in [6.07, 6.45) is -1.42. The van der Waals surface area contributed by atoms with Gasteiger partial charge in [-0.2, -0.15) is 0 Å². The maximum Gasteiger partial charge on any atom is 0.336 e. The maximum atomic E-state index is 11.7. The first kappa shape index (κ1) is 16.6. The Hall–Kier alpha value is -2.41. The summed E-state index contributed by atoms with van der Waals surface area (Å²) in [5, 5.41) is 14.0. The summed E-state index contributed by atoms with van der Waals surface area (Å²) in [6, 6.07) is 6.90. The average Bonchev–Trinajstić information content (AvgIpc) is 2.49. The van der Waals surface area contributed by atoms with E-state index < -0.39 is 18.0 Å². The van der Waals surface area contributed by atoms with Gasteiger partial charge in [0, 0.05) is 5.56 Å². The van der Waals surface area contributed by atoms with Gasteiger partial charge >= 0.3 is 5.97 Å². The largest absolute Gasteiger partial charge is 0.467 e. The van der Waals surface area contributed by atoms with Crippen LogP contribution in [-0.2, 0) is 14.3 Å². The quantitative estimate of drug-likeness (QED) is 0.606. The van der Waals surface area contributed by atoms with Crippen LogP contribution in [-0.4, -0.2) is 49.2 Å². The molecular weight excluding hydrogens is 276 g/mol. The number of aliphatic hydroxyl groups excluding tert-OH is 1. The number of ether oxygens (including phenoxy) is 1. The smallest absolute Gasteiger partial charge is 0.336 e. The predicted molar refractivity (Wildman–Crippen MR) is 74.5 cm³/mol. The maximum absolute atomic E-state index is 11.7. The van der Waals surface area contributed by atoms with Crippen LogP contribution in [0.1, 0.15) is 15.9 Å². The number of aliphatic hydroxyl groups is 1. The van der Waals surface area contributed by atoms with E-state index in [9.17, 15) is 19.5 Å². The highest BCUT2D eigenvalue weighted by atomic mass is 16.5. The molecule has 1 aromatic rings. The molecule has 3 N–H and O–H groups in total. The van der Waals surface area contributed by atoms with E-state index in [1.54, 1.807) is 24.3 Å². The van der Waals surface area contributed by atoms with Gasteiger partial charge in [0.1, 0.15) is 0 Å². The second-order valence-corrected chi connectivity index (χ2v) is 4.39. The standard InChI is InChI=1S/C14H18N2O5/c1-9-3-5-10(6-4-9)13(19)16-8-12(18)15-7-11(17)14(20)21-2/h3-6,11,17H,7-8H2,1-2H3,(H,15,18)(H,16,19). The molecule has 0 heterocycles. The van der Waals surface area contributed by atoms with Gasteiger partial charge in [-0.15, -0.1) is 0 Å². The lowest BCUT2D eigenvalue weighted by Crippen LogP contribution is -2.42. The lowest BCUT2D eigenvalue weighted by atomic mass is 10.1. The van der Waals surface area contributed by atoms with Crippen molar-refractivity contribution in [2.24, 2.45) is 0 Å². The SMILES string of the molecule is COC(=O)C(O)CNC(=O)CNC(=O)c1ccc(C)cc1. The fourth-order valence-corrected chi connectivity index (χ4v) is 1.46. The van der Waals surface area contributed by atoms with Crippen molar-refractivity contribution in [2.75, 3.05) is 20.2 Å². The number of rotatable bonds is 6. The van der Waals surface area contributed by atoms with Crippen LogP contribution in [0.2, 0.25) is 0 Å². The summed E-state index contributed by atoms with van der Waals surface area (Å²) < 4.78 is 4.30. The van der Waals surface area contributed by atoms with Crippen LogP contribution in [0.25, 0.3) is 0 Å². The Morgan fingerprint density at radius 3 is 2.38 bits per heavy atom. The van der Waals surface area contributed by atoms with Crippen LogP contribution in [0.3, 0.4) is 0 Å². The Morgan fingerprint density at radius 2 is 1.81 bits per heavy atom. The number of carbonyl (C=O) groups is 3. The van der Waals surface area contributed by atoms with Crippen molar-refractivity contribution in [3.05, 3.63) is 35.4 Å². The van der Waals surface area contributed by atoms with E-state index >= 15 is 0 Å². The van der Waals surface area contributed by atoms with Crippen LogP contribution in [0, 0.1) is 6.92 Å². The zero-order valence-electron chi connectivity index (χ0n) is 11.9. The number of benzene rings is 1. The number of hydrogen-bond donors (Lipinski definition) is 3. The average molecular weight is 294 g/mol. The third-order valence-electron chi connectivity index (χ3n) is 2.69. The lowest BCUT2D eigenvalue weighted by molar-refractivity contribution is -0.150. The van der Waals surface area contributed by atoms with Crippen molar-refractivity contribution in [3.8, 4) is 0 Å². The van der Waals surface area contributed by atoms with E-state index in [1.165, 1.54) is 0 Å². The Labute approximate surface area is 122 Å². The topological polar surface area (TPSA) is 105 Å². The van der Waals surface area contributed by atoms with Gasteiger partial charge in [-0.05, 0) is 19.1 Å². The molecular formula is C14H18N2O5. The normalized spacial score (nSPS) is 11.4. The van der Waals surface area contributed by atoms with Gasteiger partial charge in [0.2, 0.25) is 5.91 Å². The fourth-order valence-electron chi connectivity index (χ4n) is 1.46. The van der Waals surface area contributed by atoms with Gasteiger partial charge in [0.15, 0.2) is 6.10 Å². The van der Waals surface area contributed by atoms with Gasteiger partial charge < -0.3 is 20.5 Å². The summed E-state index contributed by atoms with van der Waals surface area (Å²) in [5.74, 6) is -1.73. The minimum atomic E-state index is -1.42. The second kappa shape index (κ2) is 8.01. The van der Waals surface area contributed by atoms with Gasteiger partial charge in [-0.3, -0.25) is 9.59 Å². The molecule has 21 heavy (non-hydrogen) atoms. The molecule has 1 atom stereocenters. The van der Waals surface area contributed by atoms with Crippen molar-refractivity contribution < 1.29 is 24.2 Å². The van der Waals surface area contributed by atoms with Crippen LogP contribution in [0.15, 0.2) is 24.3 Å². The highest BCUT2D eigenvalue weighted by Crippen LogP contribution is 2.02. The Bertz CT molecular complexity index is 513. The van der Waals surface area contributed by atoms with Crippen molar-refractivity contribution in [1.29, 1.82) is 0 Å². The third kappa shape index (κ3) is 5.62. The molecule has 0 aliphatic carbocycles. The zero-order valence-corrected chi connectivity index (χ0v) is 11.9. The van der Waals surface area contributed by atoms with Crippen molar-refractivity contribution in [2.45, 2.75) is 13.0 Å². The van der Waals surface area contributed by atoms with Crippen LogP contribution in [0.4, 0.5) is 0 Å². The van der Waals surface area contributed by atoms with Crippen LogP contribution >= 0.6 is 0 Å². The van der Waals surface area contributed by atoms with E-state index in [4.69, 9.17) is 0 Å². The lowest BCUT2D eigenvalue weighted by Gasteiger charge is -2.10. The van der Waals surface area contributed by atoms with Gasteiger partial charge in [-0.1, -0.05) is 17.7 Å². The fraction of sp³-hybridized carbons (Fsp3) is 0.357. The Kier molecular flexibility index (Phi) is 6.35. The molecule has 0 aliphatic heterocycles. The first-order valence-corrected chi connectivity index (χ1v) is 6.31. The first-order valence-electron chi connectivity index (χ1n) is 6.31. The Balaban J connectivity index is 2.34. The molecule has 1 rings (SSSR count). The highest BCUT2D eigenvalue weighted by molar-refractivity contribution is 5.96. The molecule has 0 fully saturated rings. The molecule has 0 aromatic heterocycles. The Morgan fingerprint density at radius 1 is 1.19 bits per heavy atom. The molecule has 114 valence electrons. The van der Waals surface area contributed by atoms with Crippen molar-refractivity contribution in [1.82, 2.24) is 10.6 Å². The molecule has 0 spiro atoms. The third-order valence-corrected chi connectivity index (χ3v) is 2.69. The summed E-state index contributed by atoms with van der Waals surface area (Å²) in [6.45, 7) is 1.38. The van der Waals surface area contributed by atoms with E-state index in [-0.39, 0.29) is 19.0 Å². The summed E-state index contributed by atoms with van der Waals surface area (Å²) >= 11 is 0. The minimum absolute atomic E-state index is 0.249. The van der Waals surface area contributed by atoms with E-state index in [2.05, 4.69) is 15.4 Å². The van der Waals surface area contributed by atoms with Gasteiger partial charge in [0.05, 0.1) is 20.2 Å². The van der Waals surface area contributed by atoms with Crippen molar-refractivity contribution in [3.63, 3.8) is 0 Å². The monoisotopic (exact) mass is 294 g/mol. The number of methoxy groups -OCH3 is 1. The number of hydrogen-bond acceptors (Lipinski definition) is 5. The zero-order chi connectivity index (χ0) is 15.8. The summed E-state index contributed by atoms with van der Waals surface area (Å²) in [4.78, 5) is 34.1. The molecule has 0 bridgehead atoms.